The number of ketones is 2. The fraction of sp³-hybridized carbons (Fsp3) is 0.750. The van der Waals surface area contributed by atoms with Crippen LogP contribution in [0.4, 0.5) is 18.0 Å². The van der Waals surface area contributed by atoms with Gasteiger partial charge in [-0.2, -0.15) is 13.2 Å². The number of rotatable bonds is 1. The maximum atomic E-state index is 12.4. The van der Waals surface area contributed by atoms with E-state index in [1.165, 1.54) is 0 Å². The van der Waals surface area contributed by atoms with E-state index in [1.807, 2.05) is 0 Å². The molecule has 8 heteroatoms. The lowest BCUT2D eigenvalue weighted by molar-refractivity contribution is -0.178. The highest BCUT2D eigenvalue weighted by Crippen LogP contribution is 2.26. The van der Waals surface area contributed by atoms with Crippen molar-refractivity contribution in [3.8, 4) is 0 Å². The number of piperidine rings is 1. The van der Waals surface area contributed by atoms with Crippen LogP contribution >= 0.6 is 0 Å². The normalized spacial score (nSPS) is 20.8. The maximum Gasteiger partial charge on any atom is 0.450 e. The second-order valence-corrected chi connectivity index (χ2v) is 5.56. The number of likely N-dealkylation sites (tertiary alicyclic amines) is 1. The Hall–Kier alpha value is -1.60. The number of halogens is 3. The standard InChI is InChI=1S/C12H16F3NO4/c1-11(2,3)20-10(19)16-5-4-8(17)7(6-16)9(18)12(13,14)15/h7H,4-6H2,1-3H3. The van der Waals surface area contributed by atoms with Crippen LogP contribution in [0.5, 0.6) is 0 Å². The Kier molecular flexibility index (Phi) is 4.45. The van der Waals surface area contributed by atoms with Gasteiger partial charge in [0.2, 0.25) is 5.78 Å². The lowest BCUT2D eigenvalue weighted by Crippen LogP contribution is -2.50. The molecule has 0 saturated carbocycles. The van der Waals surface area contributed by atoms with Crippen molar-refractivity contribution in [3.05, 3.63) is 0 Å². The summed E-state index contributed by atoms with van der Waals surface area (Å²) in [5, 5.41) is 0. The number of nitrogens with zero attached hydrogens (tertiary/aromatic N) is 1. The van der Waals surface area contributed by atoms with E-state index in [1.54, 1.807) is 20.8 Å². The van der Waals surface area contributed by atoms with E-state index < -0.39 is 41.9 Å². The minimum absolute atomic E-state index is 0.0462. The first-order valence-corrected chi connectivity index (χ1v) is 6.03. The average Bonchev–Trinajstić information content (AvgIpc) is 2.25. The van der Waals surface area contributed by atoms with Gasteiger partial charge in [-0.15, -0.1) is 0 Å². The third-order valence-electron chi connectivity index (χ3n) is 2.67. The van der Waals surface area contributed by atoms with Crippen LogP contribution in [-0.2, 0) is 14.3 Å². The van der Waals surface area contributed by atoms with Gasteiger partial charge in [0.15, 0.2) is 0 Å². The number of hydrogen-bond donors (Lipinski definition) is 0. The predicted octanol–water partition coefficient (Wildman–Crippen LogP) is 1.94. The van der Waals surface area contributed by atoms with Crippen molar-refractivity contribution in [2.75, 3.05) is 13.1 Å². The second kappa shape index (κ2) is 5.41. The zero-order valence-corrected chi connectivity index (χ0v) is 11.4. The lowest BCUT2D eigenvalue weighted by Gasteiger charge is -2.32. The van der Waals surface area contributed by atoms with E-state index in [9.17, 15) is 27.6 Å². The number of carbonyl (C=O) groups is 3. The second-order valence-electron chi connectivity index (χ2n) is 5.56. The maximum absolute atomic E-state index is 12.4. The van der Waals surface area contributed by atoms with Gasteiger partial charge < -0.3 is 9.64 Å². The molecule has 1 unspecified atom stereocenters. The van der Waals surface area contributed by atoms with E-state index in [4.69, 9.17) is 4.74 Å². The molecule has 0 radical (unpaired) electrons. The molecule has 1 saturated heterocycles. The summed E-state index contributed by atoms with van der Waals surface area (Å²) in [7, 11) is 0. The molecule has 1 amide bonds. The monoisotopic (exact) mass is 295 g/mol. The fourth-order valence-corrected chi connectivity index (χ4v) is 1.75. The van der Waals surface area contributed by atoms with Crippen LogP contribution < -0.4 is 0 Å². The van der Waals surface area contributed by atoms with Crippen molar-refractivity contribution in [1.29, 1.82) is 0 Å². The van der Waals surface area contributed by atoms with Crippen molar-refractivity contribution in [2.24, 2.45) is 5.92 Å². The largest absolute Gasteiger partial charge is 0.450 e. The Labute approximate surface area is 114 Å². The summed E-state index contributed by atoms with van der Waals surface area (Å²) >= 11 is 0. The molecule has 1 atom stereocenters. The molecule has 0 aromatic carbocycles. The zero-order valence-electron chi connectivity index (χ0n) is 11.4. The third kappa shape index (κ3) is 4.21. The first-order valence-electron chi connectivity index (χ1n) is 6.03. The van der Waals surface area contributed by atoms with Crippen LogP contribution in [0.25, 0.3) is 0 Å². The van der Waals surface area contributed by atoms with Gasteiger partial charge in [-0.1, -0.05) is 0 Å². The minimum atomic E-state index is -5.09. The summed E-state index contributed by atoms with van der Waals surface area (Å²) in [5.74, 6) is -4.76. The van der Waals surface area contributed by atoms with E-state index in [2.05, 4.69) is 0 Å². The molecule has 0 spiro atoms. The van der Waals surface area contributed by atoms with Crippen molar-refractivity contribution in [3.63, 3.8) is 0 Å². The van der Waals surface area contributed by atoms with Crippen LogP contribution in [0, 0.1) is 5.92 Å². The number of ether oxygens (including phenoxy) is 1. The number of carbonyl (C=O) groups excluding carboxylic acids is 3. The third-order valence-corrected chi connectivity index (χ3v) is 2.67. The summed E-state index contributed by atoms with van der Waals surface area (Å²) in [6.45, 7) is 4.19. The topological polar surface area (TPSA) is 63.7 Å². The molecular formula is C12H16F3NO4. The molecule has 1 aliphatic rings. The molecule has 0 N–H and O–H groups in total. The molecular weight excluding hydrogens is 279 g/mol. The van der Waals surface area contributed by atoms with Gasteiger partial charge in [0.05, 0.1) is 0 Å². The quantitative estimate of drug-likeness (QED) is 0.694. The van der Waals surface area contributed by atoms with Crippen molar-refractivity contribution in [2.45, 2.75) is 39.0 Å². The summed E-state index contributed by atoms with van der Waals surface area (Å²) in [6, 6.07) is 0. The SMILES string of the molecule is CC(C)(C)OC(=O)N1CCC(=O)C(C(=O)C(F)(F)F)C1. The van der Waals surface area contributed by atoms with E-state index in [0.29, 0.717) is 0 Å². The van der Waals surface area contributed by atoms with Gasteiger partial charge in [0, 0.05) is 19.5 Å². The minimum Gasteiger partial charge on any atom is -0.444 e. The number of Topliss-reactive ketones (excluding diaryl/α,β-unsaturated/α-hetero) is 2. The van der Waals surface area contributed by atoms with Crippen LogP contribution in [0.1, 0.15) is 27.2 Å². The van der Waals surface area contributed by atoms with Gasteiger partial charge >= 0.3 is 12.3 Å². The van der Waals surface area contributed by atoms with Crippen LogP contribution in [0.15, 0.2) is 0 Å². The first-order chi connectivity index (χ1) is 8.92. The Balaban J connectivity index is 2.79. The predicted molar refractivity (Wildman–Crippen MR) is 62.0 cm³/mol. The molecule has 0 aromatic heterocycles. The number of amides is 1. The highest BCUT2D eigenvalue weighted by atomic mass is 19.4. The highest BCUT2D eigenvalue weighted by molar-refractivity contribution is 6.05. The summed E-state index contributed by atoms with van der Waals surface area (Å²) in [6.07, 6.45) is -6.20. The molecule has 0 aromatic rings. The van der Waals surface area contributed by atoms with Crippen LogP contribution in [0.2, 0.25) is 0 Å². The van der Waals surface area contributed by atoms with Gasteiger partial charge in [0.25, 0.3) is 0 Å². The van der Waals surface area contributed by atoms with E-state index >= 15 is 0 Å². The molecule has 5 nitrogen and oxygen atoms in total. The van der Waals surface area contributed by atoms with Crippen molar-refractivity contribution in [1.82, 2.24) is 4.90 Å². The Morgan fingerprint density at radius 1 is 1.25 bits per heavy atom. The summed E-state index contributed by atoms with van der Waals surface area (Å²) in [5.41, 5.74) is -0.803. The molecule has 1 aliphatic heterocycles. The van der Waals surface area contributed by atoms with E-state index in [-0.39, 0.29) is 13.0 Å². The fourth-order valence-electron chi connectivity index (χ4n) is 1.75. The van der Waals surface area contributed by atoms with Gasteiger partial charge in [-0.3, -0.25) is 9.59 Å². The Bertz CT molecular complexity index is 425. The van der Waals surface area contributed by atoms with Crippen molar-refractivity contribution < 1.29 is 32.3 Å². The molecule has 20 heavy (non-hydrogen) atoms. The molecule has 1 rings (SSSR count). The highest BCUT2D eigenvalue weighted by Gasteiger charge is 2.48. The summed E-state index contributed by atoms with van der Waals surface area (Å²) in [4.78, 5) is 35.3. The van der Waals surface area contributed by atoms with Gasteiger partial charge in [0.1, 0.15) is 17.3 Å². The molecule has 1 heterocycles. The molecule has 0 bridgehead atoms. The molecule has 1 fully saturated rings. The Morgan fingerprint density at radius 3 is 2.25 bits per heavy atom. The summed E-state index contributed by atoms with van der Waals surface area (Å²) < 4.78 is 42.1. The number of alkyl halides is 3. The van der Waals surface area contributed by atoms with Gasteiger partial charge in [-0.05, 0) is 20.8 Å². The van der Waals surface area contributed by atoms with Crippen LogP contribution in [-0.4, -0.2) is 47.4 Å². The lowest BCUT2D eigenvalue weighted by atomic mass is 9.92. The molecule has 0 aliphatic carbocycles. The number of hydrogen-bond acceptors (Lipinski definition) is 4. The zero-order chi connectivity index (χ0) is 15.7. The smallest absolute Gasteiger partial charge is 0.444 e. The first kappa shape index (κ1) is 16.5. The van der Waals surface area contributed by atoms with Gasteiger partial charge in [-0.25, -0.2) is 4.79 Å². The average molecular weight is 295 g/mol. The van der Waals surface area contributed by atoms with Crippen molar-refractivity contribution >= 4 is 17.7 Å². The molecule has 114 valence electrons. The van der Waals surface area contributed by atoms with E-state index in [0.717, 1.165) is 4.90 Å². The Morgan fingerprint density at radius 2 is 1.80 bits per heavy atom. The van der Waals surface area contributed by atoms with Crippen LogP contribution in [0.3, 0.4) is 0 Å².